The molecule has 0 saturated heterocycles. The van der Waals surface area contributed by atoms with Crippen LogP contribution in [0.5, 0.6) is 0 Å². The number of ether oxygens (including phenoxy) is 1. The van der Waals surface area contributed by atoms with Gasteiger partial charge >= 0.3 is 0 Å². The van der Waals surface area contributed by atoms with E-state index in [0.29, 0.717) is 10.7 Å². The van der Waals surface area contributed by atoms with Gasteiger partial charge in [0.25, 0.3) is 5.91 Å². The highest BCUT2D eigenvalue weighted by atomic mass is 35.5. The van der Waals surface area contributed by atoms with Crippen LogP contribution in [-0.2, 0) is 11.2 Å². The molecule has 20 heavy (non-hydrogen) atoms. The van der Waals surface area contributed by atoms with Gasteiger partial charge in [-0.3, -0.25) is 4.79 Å². The number of rotatable bonds is 7. The van der Waals surface area contributed by atoms with Crippen molar-refractivity contribution in [3.05, 3.63) is 28.5 Å². The molecule has 0 aliphatic rings. The van der Waals surface area contributed by atoms with E-state index in [-0.39, 0.29) is 19.1 Å². The molecule has 1 unspecified atom stereocenters. The zero-order valence-electron chi connectivity index (χ0n) is 12.1. The van der Waals surface area contributed by atoms with Crippen LogP contribution < -0.4 is 0 Å². The summed E-state index contributed by atoms with van der Waals surface area (Å²) >= 11 is 5.94. The fourth-order valence-corrected chi connectivity index (χ4v) is 2.15. The van der Waals surface area contributed by atoms with E-state index in [1.807, 2.05) is 6.92 Å². The number of halogens is 1. The molecular formula is C14H21ClN2O3. The minimum atomic E-state index is -0.707. The molecule has 0 radical (unpaired) electrons. The zero-order chi connectivity index (χ0) is 15.1. The SMILES string of the molecule is CCCc1cc(C(=O)N(C)CC(O)COC)cc(Cl)n1. The van der Waals surface area contributed by atoms with Gasteiger partial charge in [0.05, 0.1) is 12.7 Å². The summed E-state index contributed by atoms with van der Waals surface area (Å²) in [6.45, 7) is 2.43. The molecule has 1 aromatic rings. The molecule has 0 aliphatic carbocycles. The molecule has 6 heteroatoms. The fraction of sp³-hybridized carbons (Fsp3) is 0.571. The average Bonchev–Trinajstić information content (AvgIpc) is 2.37. The van der Waals surface area contributed by atoms with E-state index >= 15 is 0 Å². The van der Waals surface area contributed by atoms with Crippen LogP contribution in [0.25, 0.3) is 0 Å². The Morgan fingerprint density at radius 2 is 2.25 bits per heavy atom. The number of aryl methyl sites for hydroxylation is 1. The third-order valence-electron chi connectivity index (χ3n) is 2.79. The minimum Gasteiger partial charge on any atom is -0.389 e. The van der Waals surface area contributed by atoms with E-state index in [4.69, 9.17) is 16.3 Å². The number of hydrogen-bond donors (Lipinski definition) is 1. The highest BCUT2D eigenvalue weighted by Gasteiger charge is 2.16. The second kappa shape index (κ2) is 8.19. The topological polar surface area (TPSA) is 62.7 Å². The van der Waals surface area contributed by atoms with E-state index in [1.165, 1.54) is 12.0 Å². The highest BCUT2D eigenvalue weighted by molar-refractivity contribution is 6.29. The van der Waals surface area contributed by atoms with E-state index in [2.05, 4.69) is 4.98 Å². The maximum Gasteiger partial charge on any atom is 0.253 e. The Kier molecular flexibility index (Phi) is 6.91. The van der Waals surface area contributed by atoms with Crippen LogP contribution in [0, 0.1) is 0 Å². The molecule has 1 heterocycles. The smallest absolute Gasteiger partial charge is 0.253 e. The molecule has 0 spiro atoms. The Morgan fingerprint density at radius 3 is 2.85 bits per heavy atom. The Hall–Kier alpha value is -1.17. The van der Waals surface area contributed by atoms with Crippen molar-refractivity contribution in [1.82, 2.24) is 9.88 Å². The molecular weight excluding hydrogens is 280 g/mol. The van der Waals surface area contributed by atoms with Crippen molar-refractivity contribution in [3.8, 4) is 0 Å². The Labute approximate surface area is 124 Å². The first kappa shape index (κ1) is 16.9. The van der Waals surface area contributed by atoms with Gasteiger partial charge in [-0.25, -0.2) is 4.98 Å². The molecule has 0 aliphatic heterocycles. The standard InChI is InChI=1S/C14H21ClN2O3/c1-4-5-11-6-10(7-13(15)16-11)14(19)17(2)8-12(18)9-20-3/h6-7,12,18H,4-5,8-9H2,1-3H3. The molecule has 0 saturated carbocycles. The lowest BCUT2D eigenvalue weighted by atomic mass is 10.1. The second-order valence-electron chi connectivity index (χ2n) is 4.71. The fourth-order valence-electron chi connectivity index (χ4n) is 1.92. The van der Waals surface area contributed by atoms with Crippen LogP contribution in [0.15, 0.2) is 12.1 Å². The van der Waals surface area contributed by atoms with Crippen molar-refractivity contribution in [1.29, 1.82) is 0 Å². The number of aliphatic hydroxyl groups is 1. The maximum atomic E-state index is 12.3. The van der Waals surface area contributed by atoms with Gasteiger partial charge in [0.2, 0.25) is 0 Å². The summed E-state index contributed by atoms with van der Waals surface area (Å²) in [4.78, 5) is 17.9. The van der Waals surface area contributed by atoms with E-state index in [9.17, 15) is 9.90 Å². The summed E-state index contributed by atoms with van der Waals surface area (Å²) in [7, 11) is 3.14. The summed E-state index contributed by atoms with van der Waals surface area (Å²) in [5.41, 5.74) is 1.29. The van der Waals surface area contributed by atoms with Crippen molar-refractivity contribution < 1.29 is 14.6 Å². The first-order valence-electron chi connectivity index (χ1n) is 6.56. The molecule has 1 atom stereocenters. The molecule has 1 amide bonds. The first-order valence-corrected chi connectivity index (χ1v) is 6.94. The van der Waals surface area contributed by atoms with Gasteiger partial charge in [-0.2, -0.15) is 0 Å². The van der Waals surface area contributed by atoms with Crippen molar-refractivity contribution in [2.75, 3.05) is 27.3 Å². The number of aromatic nitrogens is 1. The van der Waals surface area contributed by atoms with Gasteiger partial charge in [0.15, 0.2) is 0 Å². The second-order valence-corrected chi connectivity index (χ2v) is 5.10. The van der Waals surface area contributed by atoms with Crippen LogP contribution in [-0.4, -0.2) is 54.3 Å². The van der Waals surface area contributed by atoms with Crippen molar-refractivity contribution in [2.45, 2.75) is 25.9 Å². The lowest BCUT2D eigenvalue weighted by Crippen LogP contribution is -2.36. The van der Waals surface area contributed by atoms with E-state index in [0.717, 1.165) is 18.5 Å². The largest absolute Gasteiger partial charge is 0.389 e. The third-order valence-corrected chi connectivity index (χ3v) is 2.98. The predicted molar refractivity (Wildman–Crippen MR) is 78.1 cm³/mol. The number of aliphatic hydroxyl groups excluding tert-OH is 1. The van der Waals surface area contributed by atoms with Gasteiger partial charge < -0.3 is 14.7 Å². The van der Waals surface area contributed by atoms with Gasteiger partial charge in [-0.05, 0) is 18.6 Å². The molecule has 1 aromatic heterocycles. The molecule has 0 bridgehead atoms. The van der Waals surface area contributed by atoms with Crippen LogP contribution in [0.1, 0.15) is 29.4 Å². The number of carbonyl (C=O) groups is 1. The quantitative estimate of drug-likeness (QED) is 0.780. The van der Waals surface area contributed by atoms with Crippen LogP contribution >= 0.6 is 11.6 Å². The Bertz CT molecular complexity index is 454. The van der Waals surface area contributed by atoms with Crippen molar-refractivity contribution >= 4 is 17.5 Å². The Balaban J connectivity index is 2.80. The maximum absolute atomic E-state index is 12.3. The number of amides is 1. The van der Waals surface area contributed by atoms with Gasteiger partial charge in [-0.15, -0.1) is 0 Å². The van der Waals surface area contributed by atoms with Crippen LogP contribution in [0.4, 0.5) is 0 Å². The highest BCUT2D eigenvalue weighted by Crippen LogP contribution is 2.14. The predicted octanol–water partition coefficient (Wildman–Crippen LogP) is 1.77. The molecule has 5 nitrogen and oxygen atoms in total. The minimum absolute atomic E-state index is 0.190. The summed E-state index contributed by atoms with van der Waals surface area (Å²) in [5.74, 6) is -0.193. The number of methoxy groups -OCH3 is 1. The number of pyridine rings is 1. The van der Waals surface area contributed by atoms with Crippen LogP contribution in [0.3, 0.4) is 0 Å². The number of hydrogen-bond acceptors (Lipinski definition) is 4. The monoisotopic (exact) mass is 300 g/mol. The third kappa shape index (κ3) is 5.07. The summed E-state index contributed by atoms with van der Waals surface area (Å²) in [5, 5.41) is 9.96. The van der Waals surface area contributed by atoms with Gasteiger partial charge in [0.1, 0.15) is 5.15 Å². The van der Waals surface area contributed by atoms with Crippen LogP contribution in [0.2, 0.25) is 5.15 Å². The first-order chi connectivity index (χ1) is 9.47. The number of likely N-dealkylation sites (N-methyl/N-ethyl adjacent to an activating group) is 1. The van der Waals surface area contributed by atoms with Crippen molar-refractivity contribution in [2.24, 2.45) is 0 Å². The van der Waals surface area contributed by atoms with E-state index < -0.39 is 6.10 Å². The molecule has 1 rings (SSSR count). The molecule has 0 aromatic carbocycles. The molecule has 0 fully saturated rings. The Morgan fingerprint density at radius 1 is 1.55 bits per heavy atom. The van der Waals surface area contributed by atoms with E-state index in [1.54, 1.807) is 19.2 Å². The summed E-state index contributed by atoms with van der Waals surface area (Å²) < 4.78 is 4.84. The zero-order valence-corrected chi connectivity index (χ0v) is 12.9. The summed E-state index contributed by atoms with van der Waals surface area (Å²) in [6.07, 6.45) is 1.00. The normalized spacial score (nSPS) is 12.2. The van der Waals surface area contributed by atoms with Gasteiger partial charge in [-0.1, -0.05) is 24.9 Å². The van der Waals surface area contributed by atoms with Gasteiger partial charge in [0, 0.05) is 32.0 Å². The average molecular weight is 301 g/mol. The molecule has 1 N–H and O–H groups in total. The molecule has 112 valence electrons. The summed E-state index contributed by atoms with van der Waals surface area (Å²) in [6, 6.07) is 3.29. The number of carbonyl (C=O) groups excluding carboxylic acids is 1. The van der Waals surface area contributed by atoms with Crippen molar-refractivity contribution in [3.63, 3.8) is 0 Å². The number of nitrogens with zero attached hydrogens (tertiary/aromatic N) is 2. The lowest BCUT2D eigenvalue weighted by molar-refractivity contribution is 0.0380. The lowest BCUT2D eigenvalue weighted by Gasteiger charge is -2.20.